The minimum Gasteiger partial charge on any atom is -0.502 e. The fourth-order valence-electron chi connectivity index (χ4n) is 1.47. The summed E-state index contributed by atoms with van der Waals surface area (Å²) >= 11 is 0. The van der Waals surface area contributed by atoms with Crippen LogP contribution in [-0.4, -0.2) is 37.2 Å². The number of likely N-dealkylation sites (tertiary alicyclic amines) is 1. The molecular weight excluding hydrogens is 180 g/mol. The summed E-state index contributed by atoms with van der Waals surface area (Å²) in [5.41, 5.74) is 0. The molecule has 4 heteroatoms. The Morgan fingerprint density at radius 1 is 1.50 bits per heavy atom. The monoisotopic (exact) mass is 198 g/mol. The summed E-state index contributed by atoms with van der Waals surface area (Å²) in [7, 11) is 0. The topological polar surface area (TPSA) is 41.6 Å². The smallest absolute Gasteiger partial charge is 0.317 e. The summed E-state index contributed by atoms with van der Waals surface area (Å²) in [4.78, 5) is 13.3. The minimum absolute atomic E-state index is 0.0566. The molecule has 1 aliphatic heterocycles. The Morgan fingerprint density at radius 2 is 2.21 bits per heavy atom. The third-order valence-electron chi connectivity index (χ3n) is 2.23. The first-order valence-corrected chi connectivity index (χ1v) is 5.10. The maximum atomic E-state index is 11.4. The maximum absolute atomic E-state index is 11.4. The lowest BCUT2D eigenvalue weighted by atomic mass is 10.4. The van der Waals surface area contributed by atoms with Crippen molar-refractivity contribution in [3.63, 3.8) is 0 Å². The predicted octanol–water partition coefficient (Wildman–Crippen LogP) is 1.34. The molecule has 0 radical (unpaired) electrons. The number of hydrogen-bond acceptors (Lipinski definition) is 2. The van der Waals surface area contributed by atoms with Gasteiger partial charge in [0, 0.05) is 19.6 Å². The second kappa shape index (κ2) is 6.29. The van der Waals surface area contributed by atoms with Crippen molar-refractivity contribution in [3.05, 3.63) is 12.8 Å². The fraction of sp³-hybridized carbons (Fsp3) is 0.700. The number of rotatable bonds is 5. The Bertz CT molecular complexity index is 189. The minimum atomic E-state index is 0.0566. The van der Waals surface area contributed by atoms with E-state index in [2.05, 4.69) is 11.9 Å². The van der Waals surface area contributed by atoms with E-state index in [0.29, 0.717) is 13.2 Å². The molecule has 1 aliphatic rings. The van der Waals surface area contributed by atoms with Crippen molar-refractivity contribution in [1.29, 1.82) is 0 Å². The van der Waals surface area contributed by atoms with Crippen LogP contribution >= 0.6 is 0 Å². The molecule has 1 rings (SSSR count). The lowest BCUT2D eigenvalue weighted by molar-refractivity contribution is 0.205. The number of amides is 2. The van der Waals surface area contributed by atoms with E-state index in [1.807, 2.05) is 4.90 Å². The molecule has 80 valence electrons. The SMILES string of the molecule is C=COCCCNC(=O)N1CCCC1. The molecule has 0 bridgehead atoms. The van der Waals surface area contributed by atoms with Crippen LogP contribution in [0.25, 0.3) is 0 Å². The Labute approximate surface area is 84.9 Å². The van der Waals surface area contributed by atoms with Crippen LogP contribution in [0.3, 0.4) is 0 Å². The van der Waals surface area contributed by atoms with Crippen LogP contribution < -0.4 is 5.32 Å². The molecule has 0 aromatic rings. The number of nitrogens with one attached hydrogen (secondary N) is 1. The molecule has 0 aliphatic carbocycles. The van der Waals surface area contributed by atoms with E-state index < -0.39 is 0 Å². The summed E-state index contributed by atoms with van der Waals surface area (Å²) in [6.45, 7) is 6.52. The predicted molar refractivity (Wildman–Crippen MR) is 55.0 cm³/mol. The molecular formula is C10H18N2O2. The van der Waals surface area contributed by atoms with Gasteiger partial charge in [-0.15, -0.1) is 0 Å². The quantitative estimate of drug-likeness (QED) is 0.535. The second-order valence-corrected chi connectivity index (χ2v) is 3.32. The molecule has 0 aromatic heterocycles. The Morgan fingerprint density at radius 3 is 2.86 bits per heavy atom. The first kappa shape index (κ1) is 10.9. The van der Waals surface area contributed by atoms with Gasteiger partial charge < -0.3 is 15.0 Å². The van der Waals surface area contributed by atoms with Gasteiger partial charge in [0.05, 0.1) is 12.9 Å². The molecule has 14 heavy (non-hydrogen) atoms. The van der Waals surface area contributed by atoms with Gasteiger partial charge in [-0.2, -0.15) is 0 Å². The molecule has 1 heterocycles. The van der Waals surface area contributed by atoms with Crippen LogP contribution in [0, 0.1) is 0 Å². The van der Waals surface area contributed by atoms with E-state index in [0.717, 1.165) is 32.4 Å². The van der Waals surface area contributed by atoms with E-state index in [-0.39, 0.29) is 6.03 Å². The molecule has 0 unspecified atom stereocenters. The van der Waals surface area contributed by atoms with Crippen molar-refractivity contribution in [2.45, 2.75) is 19.3 Å². The first-order chi connectivity index (χ1) is 6.84. The van der Waals surface area contributed by atoms with Gasteiger partial charge >= 0.3 is 6.03 Å². The highest BCUT2D eigenvalue weighted by atomic mass is 16.5. The van der Waals surface area contributed by atoms with Gasteiger partial charge in [0.15, 0.2) is 0 Å². The molecule has 2 amide bonds. The average molecular weight is 198 g/mol. The molecule has 0 spiro atoms. The summed E-state index contributed by atoms with van der Waals surface area (Å²) in [5, 5.41) is 2.86. The standard InChI is InChI=1S/C10H18N2O2/c1-2-14-9-5-6-11-10(13)12-7-3-4-8-12/h2H,1,3-9H2,(H,11,13). The molecule has 0 saturated carbocycles. The van der Waals surface area contributed by atoms with Crippen LogP contribution in [0.4, 0.5) is 4.79 Å². The van der Waals surface area contributed by atoms with Crippen molar-refractivity contribution >= 4 is 6.03 Å². The summed E-state index contributed by atoms with van der Waals surface area (Å²) < 4.78 is 4.94. The number of carbonyl (C=O) groups excluding carboxylic acids is 1. The molecule has 4 nitrogen and oxygen atoms in total. The highest BCUT2D eigenvalue weighted by molar-refractivity contribution is 5.74. The Balaban J connectivity index is 2.00. The van der Waals surface area contributed by atoms with Gasteiger partial charge in [-0.05, 0) is 19.3 Å². The second-order valence-electron chi connectivity index (χ2n) is 3.32. The Hall–Kier alpha value is -1.19. The number of nitrogens with zero attached hydrogens (tertiary/aromatic N) is 1. The molecule has 0 aromatic carbocycles. The zero-order chi connectivity index (χ0) is 10.2. The van der Waals surface area contributed by atoms with Gasteiger partial charge in [0.25, 0.3) is 0 Å². The summed E-state index contributed by atoms with van der Waals surface area (Å²) in [5.74, 6) is 0. The highest BCUT2D eigenvalue weighted by Gasteiger charge is 2.16. The van der Waals surface area contributed by atoms with Gasteiger partial charge in [0.2, 0.25) is 0 Å². The fourth-order valence-corrected chi connectivity index (χ4v) is 1.47. The number of ether oxygens (including phenoxy) is 1. The lowest BCUT2D eigenvalue weighted by Gasteiger charge is -2.15. The van der Waals surface area contributed by atoms with Crippen LogP contribution in [0.1, 0.15) is 19.3 Å². The van der Waals surface area contributed by atoms with Crippen molar-refractivity contribution in [3.8, 4) is 0 Å². The zero-order valence-electron chi connectivity index (χ0n) is 8.50. The third-order valence-corrected chi connectivity index (χ3v) is 2.23. The van der Waals surface area contributed by atoms with Gasteiger partial charge in [0.1, 0.15) is 0 Å². The number of carbonyl (C=O) groups is 1. The Kier molecular flexibility index (Phi) is 4.89. The van der Waals surface area contributed by atoms with E-state index in [9.17, 15) is 4.79 Å². The molecule has 1 saturated heterocycles. The summed E-state index contributed by atoms with van der Waals surface area (Å²) in [6.07, 6.45) is 4.51. The van der Waals surface area contributed by atoms with Gasteiger partial charge in [-0.3, -0.25) is 0 Å². The van der Waals surface area contributed by atoms with Crippen molar-refractivity contribution in [2.75, 3.05) is 26.2 Å². The molecule has 1 fully saturated rings. The van der Waals surface area contributed by atoms with Gasteiger partial charge in [-0.1, -0.05) is 6.58 Å². The number of urea groups is 1. The van der Waals surface area contributed by atoms with Crippen molar-refractivity contribution < 1.29 is 9.53 Å². The first-order valence-electron chi connectivity index (χ1n) is 5.10. The lowest BCUT2D eigenvalue weighted by Crippen LogP contribution is -2.38. The van der Waals surface area contributed by atoms with Crippen LogP contribution in [0.5, 0.6) is 0 Å². The number of hydrogen-bond donors (Lipinski definition) is 1. The van der Waals surface area contributed by atoms with E-state index in [1.165, 1.54) is 6.26 Å². The average Bonchev–Trinajstić information content (AvgIpc) is 2.70. The highest BCUT2D eigenvalue weighted by Crippen LogP contribution is 2.06. The summed E-state index contributed by atoms with van der Waals surface area (Å²) in [6, 6.07) is 0.0566. The van der Waals surface area contributed by atoms with Crippen LogP contribution in [0.2, 0.25) is 0 Å². The van der Waals surface area contributed by atoms with Crippen LogP contribution in [0.15, 0.2) is 12.8 Å². The third kappa shape index (κ3) is 3.68. The largest absolute Gasteiger partial charge is 0.502 e. The van der Waals surface area contributed by atoms with Crippen molar-refractivity contribution in [1.82, 2.24) is 10.2 Å². The molecule has 1 N–H and O–H groups in total. The van der Waals surface area contributed by atoms with E-state index in [1.54, 1.807) is 0 Å². The van der Waals surface area contributed by atoms with E-state index in [4.69, 9.17) is 4.74 Å². The van der Waals surface area contributed by atoms with Crippen molar-refractivity contribution in [2.24, 2.45) is 0 Å². The maximum Gasteiger partial charge on any atom is 0.317 e. The van der Waals surface area contributed by atoms with Gasteiger partial charge in [-0.25, -0.2) is 4.79 Å². The van der Waals surface area contributed by atoms with E-state index >= 15 is 0 Å². The normalized spacial score (nSPS) is 15.3. The molecule has 0 atom stereocenters. The van der Waals surface area contributed by atoms with Crippen LogP contribution in [-0.2, 0) is 4.74 Å². The zero-order valence-corrected chi connectivity index (χ0v) is 8.50.